The van der Waals surface area contributed by atoms with Crippen molar-refractivity contribution in [1.82, 2.24) is 0 Å². The Hall–Kier alpha value is -1.93. The molecule has 0 aliphatic carbocycles. The number of ketones is 1. The van der Waals surface area contributed by atoms with Crippen molar-refractivity contribution < 1.29 is 19.4 Å². The van der Waals surface area contributed by atoms with Crippen LogP contribution in [-0.2, 0) is 14.3 Å². The first kappa shape index (κ1) is 27.1. The van der Waals surface area contributed by atoms with Gasteiger partial charge in [0, 0.05) is 13.2 Å². The third kappa shape index (κ3) is 11.6. The topological polar surface area (TPSA) is 87.4 Å². The summed E-state index contributed by atoms with van der Waals surface area (Å²) < 4.78 is 5.54. The lowest BCUT2D eigenvalue weighted by atomic mass is 9.80. The normalized spacial score (nSPS) is 15.7. The van der Waals surface area contributed by atoms with Gasteiger partial charge in [0.05, 0.1) is 11.5 Å². The molecule has 0 amide bonds. The standard InChI is InChI=1S/C24H39NO4/c1-7-13-29-14-12-18(3)15-24(5,6)16-20(17-25)22(26)11-9-10-21(23(27)28)19(4)8-2/h9,11,16,18-19,21H,7-8,10,12-15H2,1-6H3,(H,27,28)/b11-9+,20-16+/t18?,19-,21-/m1/s1. The highest BCUT2D eigenvalue weighted by Gasteiger charge is 2.23. The lowest BCUT2D eigenvalue weighted by molar-refractivity contribution is -0.143. The minimum atomic E-state index is -0.856. The Morgan fingerprint density at radius 1 is 1.21 bits per heavy atom. The molecule has 164 valence electrons. The molecule has 0 heterocycles. The fourth-order valence-corrected chi connectivity index (χ4v) is 3.41. The summed E-state index contributed by atoms with van der Waals surface area (Å²) in [5, 5.41) is 18.8. The number of nitriles is 1. The van der Waals surface area contributed by atoms with E-state index >= 15 is 0 Å². The van der Waals surface area contributed by atoms with Gasteiger partial charge in [-0.1, -0.05) is 60.1 Å². The predicted octanol–water partition coefficient (Wildman–Crippen LogP) is 5.57. The first-order chi connectivity index (χ1) is 13.6. The molecule has 0 aliphatic heterocycles. The van der Waals surface area contributed by atoms with Crippen LogP contribution < -0.4 is 0 Å². The van der Waals surface area contributed by atoms with Crippen LogP contribution in [-0.4, -0.2) is 30.1 Å². The Balaban J connectivity index is 4.94. The molecule has 0 aromatic rings. The molecule has 0 aromatic carbocycles. The molecule has 0 radical (unpaired) electrons. The van der Waals surface area contributed by atoms with Gasteiger partial charge in [0.15, 0.2) is 5.78 Å². The van der Waals surface area contributed by atoms with Crippen molar-refractivity contribution in [3.05, 3.63) is 23.8 Å². The number of rotatable bonds is 15. The van der Waals surface area contributed by atoms with E-state index in [4.69, 9.17) is 4.74 Å². The lowest BCUT2D eigenvalue weighted by Crippen LogP contribution is -2.20. The molecule has 0 aromatic heterocycles. The maximum atomic E-state index is 12.4. The Bertz CT molecular complexity index is 613. The van der Waals surface area contributed by atoms with Crippen molar-refractivity contribution in [2.45, 2.75) is 73.6 Å². The number of hydrogen-bond acceptors (Lipinski definition) is 4. The molecule has 3 atom stereocenters. The predicted molar refractivity (Wildman–Crippen MR) is 116 cm³/mol. The Kier molecular flexibility index (Phi) is 13.2. The van der Waals surface area contributed by atoms with Crippen LogP contribution in [0.4, 0.5) is 0 Å². The zero-order valence-electron chi connectivity index (χ0n) is 19.0. The molecule has 0 fully saturated rings. The van der Waals surface area contributed by atoms with Gasteiger partial charge in [-0.3, -0.25) is 9.59 Å². The molecule has 1 N–H and O–H groups in total. The molecule has 5 nitrogen and oxygen atoms in total. The maximum absolute atomic E-state index is 12.4. The molecule has 1 unspecified atom stereocenters. The van der Waals surface area contributed by atoms with E-state index in [1.165, 1.54) is 6.08 Å². The van der Waals surface area contributed by atoms with Crippen molar-refractivity contribution in [2.75, 3.05) is 13.2 Å². The van der Waals surface area contributed by atoms with Crippen LogP contribution >= 0.6 is 0 Å². The van der Waals surface area contributed by atoms with Gasteiger partial charge in [-0.15, -0.1) is 0 Å². The third-order valence-corrected chi connectivity index (χ3v) is 5.21. The van der Waals surface area contributed by atoms with E-state index in [1.807, 2.05) is 33.8 Å². The molecule has 0 spiro atoms. The molecule has 0 saturated heterocycles. The molecular weight excluding hydrogens is 366 g/mol. The van der Waals surface area contributed by atoms with Crippen molar-refractivity contribution in [1.29, 1.82) is 5.26 Å². The van der Waals surface area contributed by atoms with Crippen LogP contribution in [0, 0.1) is 34.5 Å². The number of allylic oxidation sites excluding steroid dienone is 4. The summed E-state index contributed by atoms with van der Waals surface area (Å²) in [6.45, 7) is 13.6. The fourth-order valence-electron chi connectivity index (χ4n) is 3.41. The van der Waals surface area contributed by atoms with Crippen LogP contribution in [0.15, 0.2) is 23.8 Å². The Labute approximate surface area is 176 Å². The second-order valence-electron chi connectivity index (χ2n) is 8.70. The van der Waals surface area contributed by atoms with E-state index in [9.17, 15) is 20.0 Å². The van der Waals surface area contributed by atoms with Crippen LogP contribution in [0.3, 0.4) is 0 Å². The molecule has 29 heavy (non-hydrogen) atoms. The van der Waals surface area contributed by atoms with Crippen LogP contribution in [0.2, 0.25) is 0 Å². The Morgan fingerprint density at radius 3 is 2.38 bits per heavy atom. The number of nitrogens with zero attached hydrogens (tertiary/aromatic N) is 1. The van der Waals surface area contributed by atoms with Gasteiger partial charge < -0.3 is 9.84 Å². The molecule has 0 bridgehead atoms. The van der Waals surface area contributed by atoms with Gasteiger partial charge in [-0.2, -0.15) is 5.26 Å². The molecular formula is C24H39NO4. The highest BCUT2D eigenvalue weighted by atomic mass is 16.5. The average Bonchev–Trinajstić information content (AvgIpc) is 2.65. The van der Waals surface area contributed by atoms with E-state index < -0.39 is 11.9 Å². The number of carboxylic acids is 1. The van der Waals surface area contributed by atoms with Gasteiger partial charge in [0.2, 0.25) is 0 Å². The quantitative estimate of drug-likeness (QED) is 0.219. The first-order valence-electron chi connectivity index (χ1n) is 10.7. The van der Waals surface area contributed by atoms with Crippen molar-refractivity contribution in [3.63, 3.8) is 0 Å². The van der Waals surface area contributed by atoms with E-state index in [1.54, 1.807) is 12.2 Å². The third-order valence-electron chi connectivity index (χ3n) is 5.21. The summed E-state index contributed by atoms with van der Waals surface area (Å²) in [5.74, 6) is -1.31. The first-order valence-corrected chi connectivity index (χ1v) is 10.7. The number of ether oxygens (including phenoxy) is 1. The number of carbonyl (C=O) groups excluding carboxylic acids is 1. The van der Waals surface area contributed by atoms with E-state index in [0.29, 0.717) is 5.92 Å². The lowest BCUT2D eigenvalue weighted by Gasteiger charge is -2.25. The van der Waals surface area contributed by atoms with Gasteiger partial charge in [-0.05, 0) is 49.0 Å². The minimum Gasteiger partial charge on any atom is -0.481 e. The smallest absolute Gasteiger partial charge is 0.307 e. The highest BCUT2D eigenvalue weighted by Crippen LogP contribution is 2.30. The number of aliphatic carboxylic acids is 1. The summed E-state index contributed by atoms with van der Waals surface area (Å²) in [4.78, 5) is 23.8. The van der Waals surface area contributed by atoms with Crippen LogP contribution in [0.5, 0.6) is 0 Å². The van der Waals surface area contributed by atoms with E-state index in [2.05, 4.69) is 13.8 Å². The molecule has 0 saturated carbocycles. The summed E-state index contributed by atoms with van der Waals surface area (Å²) in [7, 11) is 0. The highest BCUT2D eigenvalue weighted by molar-refractivity contribution is 6.06. The molecule has 5 heteroatoms. The summed E-state index contributed by atoms with van der Waals surface area (Å²) in [5.41, 5.74) is -0.185. The molecule has 0 aliphatic rings. The number of carbonyl (C=O) groups is 2. The zero-order valence-corrected chi connectivity index (χ0v) is 19.0. The SMILES string of the molecule is CCCOCCC(C)CC(C)(C)/C=C(\C#N)C(=O)/C=C/C[C@@H](C(=O)O)[C@H](C)CC. The summed E-state index contributed by atoms with van der Waals surface area (Å²) in [6, 6.07) is 2.01. The number of hydrogen-bond donors (Lipinski definition) is 1. The van der Waals surface area contributed by atoms with Gasteiger partial charge >= 0.3 is 5.97 Å². The number of carboxylic acid groups (broad SMARTS) is 1. The van der Waals surface area contributed by atoms with Crippen molar-refractivity contribution in [3.8, 4) is 6.07 Å². The maximum Gasteiger partial charge on any atom is 0.307 e. The molecule has 0 rings (SSSR count). The monoisotopic (exact) mass is 405 g/mol. The Morgan fingerprint density at radius 2 is 1.86 bits per heavy atom. The van der Waals surface area contributed by atoms with Gasteiger partial charge in [-0.25, -0.2) is 0 Å². The fraction of sp³-hybridized carbons (Fsp3) is 0.708. The second kappa shape index (κ2) is 14.1. The van der Waals surface area contributed by atoms with Crippen molar-refractivity contribution >= 4 is 11.8 Å². The minimum absolute atomic E-state index is 0.0277. The van der Waals surface area contributed by atoms with Crippen molar-refractivity contribution in [2.24, 2.45) is 23.2 Å². The summed E-state index contributed by atoms with van der Waals surface area (Å²) in [6.07, 6.45) is 8.51. The van der Waals surface area contributed by atoms with Gasteiger partial charge in [0.1, 0.15) is 6.07 Å². The average molecular weight is 406 g/mol. The largest absolute Gasteiger partial charge is 0.481 e. The second-order valence-corrected chi connectivity index (χ2v) is 8.70. The zero-order chi connectivity index (χ0) is 22.4. The van der Waals surface area contributed by atoms with Crippen LogP contribution in [0.25, 0.3) is 0 Å². The van der Waals surface area contributed by atoms with Gasteiger partial charge in [0.25, 0.3) is 0 Å². The summed E-state index contributed by atoms with van der Waals surface area (Å²) >= 11 is 0. The van der Waals surface area contributed by atoms with Crippen LogP contribution in [0.1, 0.15) is 73.6 Å². The van der Waals surface area contributed by atoms with E-state index in [0.717, 1.165) is 38.9 Å². The van der Waals surface area contributed by atoms with E-state index in [-0.39, 0.29) is 29.1 Å².